The standard InChI is InChI=1S/C9H9NO4S/c11-9(12)8-5-7(3-4-10-8)15(13,14)6-1-2-6/h3-6H,1-2H2,(H,11,12). The second kappa shape index (κ2) is 3.30. The Kier molecular flexibility index (Phi) is 2.22. The van der Waals surface area contributed by atoms with E-state index in [1.54, 1.807) is 0 Å². The van der Waals surface area contributed by atoms with Gasteiger partial charge in [0.1, 0.15) is 5.69 Å². The Morgan fingerprint density at radius 2 is 2.13 bits per heavy atom. The van der Waals surface area contributed by atoms with Crippen LogP contribution in [0.15, 0.2) is 23.2 Å². The molecule has 5 nitrogen and oxygen atoms in total. The minimum atomic E-state index is -3.33. The molecule has 2 rings (SSSR count). The van der Waals surface area contributed by atoms with Crippen LogP contribution < -0.4 is 0 Å². The summed E-state index contributed by atoms with van der Waals surface area (Å²) in [7, 11) is -3.33. The third-order valence-electron chi connectivity index (χ3n) is 2.24. The predicted octanol–water partition coefficient (Wildman–Crippen LogP) is 0.716. The predicted molar refractivity (Wildman–Crippen MR) is 51.4 cm³/mol. The van der Waals surface area contributed by atoms with Crippen LogP contribution in [0, 0.1) is 0 Å². The Hall–Kier alpha value is -1.43. The summed E-state index contributed by atoms with van der Waals surface area (Å²) in [6.07, 6.45) is 2.53. The van der Waals surface area contributed by atoms with Crippen LogP contribution in [0.2, 0.25) is 0 Å². The molecule has 0 spiro atoms. The molecule has 0 amide bonds. The number of aromatic carboxylic acids is 1. The van der Waals surface area contributed by atoms with Crippen molar-refractivity contribution in [3.63, 3.8) is 0 Å². The molecule has 80 valence electrons. The van der Waals surface area contributed by atoms with E-state index in [1.807, 2.05) is 0 Å². The molecule has 0 radical (unpaired) electrons. The molecule has 6 heteroatoms. The van der Waals surface area contributed by atoms with E-state index in [2.05, 4.69) is 4.98 Å². The number of carboxylic acid groups (broad SMARTS) is 1. The first-order valence-electron chi connectivity index (χ1n) is 4.45. The number of hydrogen-bond donors (Lipinski definition) is 1. The fourth-order valence-corrected chi connectivity index (χ4v) is 2.94. The minimum absolute atomic E-state index is 0.0531. The van der Waals surface area contributed by atoms with Gasteiger partial charge in [-0.2, -0.15) is 0 Å². The molecule has 1 saturated carbocycles. The lowest BCUT2D eigenvalue weighted by atomic mass is 10.3. The van der Waals surface area contributed by atoms with Crippen LogP contribution in [0.1, 0.15) is 23.3 Å². The SMILES string of the molecule is O=C(O)c1cc(S(=O)(=O)C2CC2)ccn1. The average molecular weight is 227 g/mol. The van der Waals surface area contributed by atoms with E-state index in [1.165, 1.54) is 12.3 Å². The summed E-state index contributed by atoms with van der Waals surface area (Å²) in [6, 6.07) is 2.44. The fraction of sp³-hybridized carbons (Fsp3) is 0.333. The average Bonchev–Trinajstić information content (AvgIpc) is 3.01. The zero-order valence-electron chi connectivity index (χ0n) is 7.75. The number of carboxylic acids is 1. The van der Waals surface area contributed by atoms with Crippen molar-refractivity contribution < 1.29 is 18.3 Å². The molecular formula is C9H9NO4S. The second-order valence-corrected chi connectivity index (χ2v) is 5.65. The zero-order chi connectivity index (χ0) is 11.1. The summed E-state index contributed by atoms with van der Waals surface area (Å²) in [4.78, 5) is 14.2. The number of rotatable bonds is 3. The molecule has 1 aromatic heterocycles. The van der Waals surface area contributed by atoms with E-state index in [-0.39, 0.29) is 15.8 Å². The number of hydrogen-bond acceptors (Lipinski definition) is 4. The molecule has 0 aromatic carbocycles. The van der Waals surface area contributed by atoms with Gasteiger partial charge in [0.2, 0.25) is 0 Å². The summed E-state index contributed by atoms with van der Waals surface area (Å²) in [6.45, 7) is 0. The minimum Gasteiger partial charge on any atom is -0.477 e. The molecule has 1 aliphatic carbocycles. The van der Waals surface area contributed by atoms with Gasteiger partial charge in [-0.15, -0.1) is 0 Å². The van der Waals surface area contributed by atoms with Crippen molar-refractivity contribution in [3.05, 3.63) is 24.0 Å². The van der Waals surface area contributed by atoms with Crippen molar-refractivity contribution in [2.75, 3.05) is 0 Å². The summed E-state index contributed by atoms with van der Waals surface area (Å²) >= 11 is 0. The maximum Gasteiger partial charge on any atom is 0.354 e. The number of carbonyl (C=O) groups is 1. The van der Waals surface area contributed by atoms with Crippen molar-refractivity contribution in [3.8, 4) is 0 Å². The lowest BCUT2D eigenvalue weighted by Crippen LogP contribution is -2.09. The van der Waals surface area contributed by atoms with E-state index < -0.39 is 15.8 Å². The maximum absolute atomic E-state index is 11.7. The molecule has 15 heavy (non-hydrogen) atoms. The fourth-order valence-electron chi connectivity index (χ4n) is 1.28. The molecule has 0 bridgehead atoms. The third kappa shape index (κ3) is 1.85. The van der Waals surface area contributed by atoms with E-state index in [4.69, 9.17) is 5.11 Å². The number of aromatic nitrogens is 1. The van der Waals surface area contributed by atoms with Gasteiger partial charge in [-0.05, 0) is 25.0 Å². The smallest absolute Gasteiger partial charge is 0.354 e. The Morgan fingerprint density at radius 1 is 1.47 bits per heavy atom. The van der Waals surface area contributed by atoms with Crippen LogP contribution in [0.3, 0.4) is 0 Å². The van der Waals surface area contributed by atoms with Crippen molar-refractivity contribution in [1.82, 2.24) is 4.98 Å². The Morgan fingerprint density at radius 3 is 2.67 bits per heavy atom. The molecule has 1 fully saturated rings. The monoisotopic (exact) mass is 227 g/mol. The molecule has 1 aliphatic rings. The van der Waals surface area contributed by atoms with Crippen LogP contribution in [-0.4, -0.2) is 29.7 Å². The maximum atomic E-state index is 11.7. The van der Waals surface area contributed by atoms with Crippen LogP contribution in [-0.2, 0) is 9.84 Å². The first-order chi connectivity index (χ1) is 7.01. The van der Waals surface area contributed by atoms with Crippen LogP contribution in [0.4, 0.5) is 0 Å². The van der Waals surface area contributed by atoms with Gasteiger partial charge in [-0.3, -0.25) is 0 Å². The molecule has 1 aromatic rings. The van der Waals surface area contributed by atoms with E-state index in [0.29, 0.717) is 12.8 Å². The van der Waals surface area contributed by atoms with Gasteiger partial charge in [0.05, 0.1) is 10.1 Å². The number of sulfone groups is 1. The van der Waals surface area contributed by atoms with Gasteiger partial charge in [0.15, 0.2) is 9.84 Å². The zero-order valence-corrected chi connectivity index (χ0v) is 8.57. The summed E-state index contributed by atoms with van der Waals surface area (Å²) < 4.78 is 23.5. The molecule has 1 heterocycles. The third-order valence-corrected chi connectivity index (χ3v) is 4.50. The van der Waals surface area contributed by atoms with Gasteiger partial charge >= 0.3 is 5.97 Å². The first kappa shape index (κ1) is 10.1. The van der Waals surface area contributed by atoms with Crippen molar-refractivity contribution >= 4 is 15.8 Å². The summed E-state index contributed by atoms with van der Waals surface area (Å²) in [5.41, 5.74) is -0.239. The highest BCUT2D eigenvalue weighted by Crippen LogP contribution is 2.33. The molecule has 0 saturated heterocycles. The van der Waals surface area contributed by atoms with E-state index in [9.17, 15) is 13.2 Å². The van der Waals surface area contributed by atoms with Crippen molar-refractivity contribution in [1.29, 1.82) is 0 Å². The van der Waals surface area contributed by atoms with Gasteiger partial charge in [0.25, 0.3) is 0 Å². The lowest BCUT2D eigenvalue weighted by Gasteiger charge is -2.02. The number of nitrogens with zero attached hydrogens (tertiary/aromatic N) is 1. The largest absolute Gasteiger partial charge is 0.477 e. The van der Waals surface area contributed by atoms with Crippen LogP contribution >= 0.6 is 0 Å². The van der Waals surface area contributed by atoms with Gasteiger partial charge in [0, 0.05) is 6.20 Å². The highest BCUT2D eigenvalue weighted by atomic mass is 32.2. The van der Waals surface area contributed by atoms with Crippen LogP contribution in [0.25, 0.3) is 0 Å². The quantitative estimate of drug-likeness (QED) is 0.822. The molecule has 0 atom stereocenters. The van der Waals surface area contributed by atoms with Crippen molar-refractivity contribution in [2.45, 2.75) is 23.0 Å². The normalized spacial score (nSPS) is 16.3. The molecular weight excluding hydrogens is 218 g/mol. The van der Waals surface area contributed by atoms with Gasteiger partial charge in [-0.25, -0.2) is 18.2 Å². The summed E-state index contributed by atoms with van der Waals surface area (Å²) in [5, 5.41) is 8.34. The highest BCUT2D eigenvalue weighted by molar-refractivity contribution is 7.92. The summed E-state index contributed by atoms with van der Waals surface area (Å²) in [5.74, 6) is -1.22. The van der Waals surface area contributed by atoms with Crippen molar-refractivity contribution in [2.24, 2.45) is 0 Å². The van der Waals surface area contributed by atoms with E-state index >= 15 is 0 Å². The Bertz CT molecular complexity index is 505. The molecule has 1 N–H and O–H groups in total. The van der Waals surface area contributed by atoms with Gasteiger partial charge in [-0.1, -0.05) is 0 Å². The molecule has 0 unspecified atom stereocenters. The highest BCUT2D eigenvalue weighted by Gasteiger charge is 2.37. The van der Waals surface area contributed by atoms with E-state index in [0.717, 1.165) is 6.07 Å². The second-order valence-electron chi connectivity index (χ2n) is 3.43. The lowest BCUT2D eigenvalue weighted by molar-refractivity contribution is 0.0690. The topological polar surface area (TPSA) is 84.3 Å². The Labute approximate surface area is 86.7 Å². The number of pyridine rings is 1. The van der Waals surface area contributed by atoms with Gasteiger partial charge < -0.3 is 5.11 Å². The first-order valence-corrected chi connectivity index (χ1v) is 5.99. The van der Waals surface area contributed by atoms with Crippen LogP contribution in [0.5, 0.6) is 0 Å². The molecule has 0 aliphatic heterocycles. The Balaban J connectivity index is 2.45.